The van der Waals surface area contributed by atoms with Crippen molar-refractivity contribution in [3.05, 3.63) is 67.8 Å². The average molecular weight is 486 g/mol. The van der Waals surface area contributed by atoms with Crippen LogP contribution in [0.3, 0.4) is 0 Å². The average Bonchev–Trinajstić information content (AvgIpc) is 2.81. The number of benzene rings is 2. The van der Waals surface area contributed by atoms with E-state index in [0.717, 1.165) is 18.2 Å². The molecule has 0 aliphatic rings. The maximum atomic E-state index is 12.3. The highest BCUT2D eigenvalue weighted by Crippen LogP contribution is 2.16. The van der Waals surface area contributed by atoms with Crippen LogP contribution in [0.15, 0.2) is 36.4 Å². The van der Waals surface area contributed by atoms with E-state index in [0.29, 0.717) is 12.8 Å². The minimum Gasteiger partial charge on any atom is -0.446 e. The lowest BCUT2D eigenvalue weighted by atomic mass is 9.63. The number of Topliss-reactive ketones (excluding diaryl/α,β-unsaturated/α-hetero) is 2. The van der Waals surface area contributed by atoms with Crippen LogP contribution < -0.4 is 10.9 Å². The van der Waals surface area contributed by atoms with Crippen molar-refractivity contribution in [2.45, 2.75) is 32.5 Å². The predicted molar refractivity (Wildman–Crippen MR) is 127 cm³/mol. The largest absolute Gasteiger partial charge is 0.495 e. The summed E-state index contributed by atoms with van der Waals surface area (Å²) in [5.41, 5.74) is -0.821. The molecular formula is C21H24B2N2O10. The van der Waals surface area contributed by atoms with E-state index in [4.69, 9.17) is 4.74 Å². The lowest BCUT2D eigenvalue weighted by Gasteiger charge is -2.07. The number of hydrogen-bond acceptors (Lipinski definition) is 10. The Hall–Kier alpha value is -3.45. The topological polar surface area (TPSA) is 190 Å². The van der Waals surface area contributed by atoms with Crippen molar-refractivity contribution in [1.29, 1.82) is 0 Å². The summed E-state index contributed by atoms with van der Waals surface area (Å²) >= 11 is 0. The Labute approximate surface area is 201 Å². The van der Waals surface area contributed by atoms with Crippen molar-refractivity contribution >= 4 is 47.9 Å². The zero-order chi connectivity index (χ0) is 26.1. The zero-order valence-corrected chi connectivity index (χ0v) is 19.0. The van der Waals surface area contributed by atoms with Crippen LogP contribution in [-0.4, -0.2) is 63.7 Å². The van der Waals surface area contributed by atoms with Gasteiger partial charge in [0.15, 0.2) is 11.6 Å². The number of carbonyl (C=O) groups is 2. The van der Waals surface area contributed by atoms with Gasteiger partial charge < -0.3 is 19.8 Å². The predicted octanol–water partition coefficient (Wildman–Crippen LogP) is 0.646. The smallest absolute Gasteiger partial charge is 0.446 e. The molecule has 184 valence electrons. The molecule has 0 saturated carbocycles. The number of nitrogens with zero attached hydrogens (tertiary/aromatic N) is 2. The molecule has 0 unspecified atom stereocenters. The molecule has 0 atom stereocenters. The lowest BCUT2D eigenvalue weighted by Crippen LogP contribution is -2.32. The molecule has 14 heteroatoms. The van der Waals surface area contributed by atoms with Crippen molar-refractivity contribution in [2.75, 3.05) is 13.2 Å². The summed E-state index contributed by atoms with van der Waals surface area (Å²) in [5.74, 6) is -0.671. The molecule has 2 aromatic carbocycles. The standard InChI is InChI=1S/C21H24B2N2O10/c1-22(28)16-8-6-14(12-18(16)24(31)32)20(26)4-2-10-35-11-3-5-21(27)15-7-9-17(23(29)30)19(13-15)25(33)34/h6-9,12-13,28-30H,2-5,10-11H2,1H3. The Morgan fingerprint density at radius 3 is 1.66 bits per heavy atom. The van der Waals surface area contributed by atoms with Crippen molar-refractivity contribution in [3.8, 4) is 0 Å². The molecule has 35 heavy (non-hydrogen) atoms. The molecule has 2 aromatic rings. The first kappa shape index (κ1) is 27.8. The van der Waals surface area contributed by atoms with Crippen molar-refractivity contribution in [3.63, 3.8) is 0 Å². The van der Waals surface area contributed by atoms with E-state index in [9.17, 15) is 44.9 Å². The van der Waals surface area contributed by atoms with Gasteiger partial charge in [-0.2, -0.15) is 0 Å². The van der Waals surface area contributed by atoms with Crippen LogP contribution in [0.4, 0.5) is 11.4 Å². The number of rotatable bonds is 14. The van der Waals surface area contributed by atoms with Crippen molar-refractivity contribution in [2.24, 2.45) is 0 Å². The van der Waals surface area contributed by atoms with Gasteiger partial charge in [0.2, 0.25) is 0 Å². The van der Waals surface area contributed by atoms with Gasteiger partial charge in [0, 0.05) is 54.8 Å². The molecule has 0 aliphatic carbocycles. The number of ether oxygens (including phenoxy) is 1. The molecule has 2 rings (SSSR count). The number of nitro groups is 2. The van der Waals surface area contributed by atoms with Crippen LogP contribution in [0, 0.1) is 20.2 Å². The normalized spacial score (nSPS) is 10.6. The summed E-state index contributed by atoms with van der Waals surface area (Å²) in [6.45, 7) is 0.797. The molecular weight excluding hydrogens is 462 g/mol. The minimum atomic E-state index is -2.03. The second kappa shape index (κ2) is 12.9. The first-order valence-electron chi connectivity index (χ1n) is 10.8. The third kappa shape index (κ3) is 7.79. The molecule has 0 radical (unpaired) electrons. The van der Waals surface area contributed by atoms with Crippen LogP contribution in [-0.2, 0) is 4.74 Å². The van der Waals surface area contributed by atoms with Gasteiger partial charge in [-0.1, -0.05) is 31.1 Å². The Kier molecular flexibility index (Phi) is 10.2. The quantitative estimate of drug-likeness (QED) is 0.112. The third-order valence-corrected chi connectivity index (χ3v) is 5.21. The van der Waals surface area contributed by atoms with E-state index in [-0.39, 0.29) is 65.4 Å². The molecule has 0 aliphatic heterocycles. The second-order valence-electron chi connectivity index (χ2n) is 7.78. The summed E-state index contributed by atoms with van der Waals surface area (Å²) in [4.78, 5) is 45.4. The maximum absolute atomic E-state index is 12.3. The maximum Gasteiger partial charge on any atom is 0.495 e. The Balaban J connectivity index is 1.77. The van der Waals surface area contributed by atoms with Gasteiger partial charge in [-0.15, -0.1) is 0 Å². The van der Waals surface area contributed by atoms with Crippen LogP contribution >= 0.6 is 0 Å². The molecule has 0 spiro atoms. The fourth-order valence-electron chi connectivity index (χ4n) is 3.38. The van der Waals surface area contributed by atoms with Gasteiger partial charge in [-0.05, 0) is 12.8 Å². The van der Waals surface area contributed by atoms with Crippen molar-refractivity contribution in [1.82, 2.24) is 0 Å². The first-order valence-corrected chi connectivity index (χ1v) is 10.8. The van der Waals surface area contributed by atoms with Crippen LogP contribution in [0.25, 0.3) is 0 Å². The van der Waals surface area contributed by atoms with E-state index in [1.165, 1.54) is 25.0 Å². The van der Waals surface area contributed by atoms with Gasteiger partial charge in [0.1, 0.15) is 0 Å². The lowest BCUT2D eigenvalue weighted by molar-refractivity contribution is -0.383. The number of carbonyl (C=O) groups excluding carboxylic acids is 2. The molecule has 12 nitrogen and oxygen atoms in total. The molecule has 3 N–H and O–H groups in total. The SMILES string of the molecule is CB(O)c1ccc(C(=O)CCCOCCCC(=O)c2ccc(B(O)O)c([N+](=O)[O-])c2)cc1[N+](=O)[O-]. The molecule has 0 fully saturated rings. The van der Waals surface area contributed by atoms with Gasteiger partial charge in [0.05, 0.1) is 15.3 Å². The van der Waals surface area contributed by atoms with Gasteiger partial charge in [-0.3, -0.25) is 29.8 Å². The molecule has 0 amide bonds. The van der Waals surface area contributed by atoms with Crippen LogP contribution in [0.1, 0.15) is 46.4 Å². The summed E-state index contributed by atoms with van der Waals surface area (Å²) in [6.07, 6.45) is 0.834. The van der Waals surface area contributed by atoms with Gasteiger partial charge >= 0.3 is 14.0 Å². The summed E-state index contributed by atoms with van der Waals surface area (Å²) in [7, 11) is -2.03. The van der Waals surface area contributed by atoms with E-state index >= 15 is 0 Å². The van der Waals surface area contributed by atoms with Gasteiger partial charge in [0.25, 0.3) is 11.4 Å². The molecule has 0 saturated heterocycles. The highest BCUT2D eigenvalue weighted by Gasteiger charge is 2.25. The highest BCUT2D eigenvalue weighted by atomic mass is 16.6. The minimum absolute atomic E-state index is 0.0520. The van der Waals surface area contributed by atoms with E-state index < -0.39 is 29.6 Å². The monoisotopic (exact) mass is 486 g/mol. The van der Waals surface area contributed by atoms with E-state index in [1.54, 1.807) is 0 Å². The Morgan fingerprint density at radius 2 is 1.26 bits per heavy atom. The summed E-state index contributed by atoms with van der Waals surface area (Å²) in [5, 5.41) is 50.2. The van der Waals surface area contributed by atoms with Crippen molar-refractivity contribution < 1.29 is 39.2 Å². The van der Waals surface area contributed by atoms with Gasteiger partial charge in [-0.25, -0.2) is 0 Å². The fourth-order valence-corrected chi connectivity index (χ4v) is 3.38. The van der Waals surface area contributed by atoms with E-state index in [1.807, 2.05) is 0 Å². The van der Waals surface area contributed by atoms with Crippen LogP contribution in [0.2, 0.25) is 6.82 Å². The summed E-state index contributed by atoms with van der Waals surface area (Å²) < 4.78 is 5.41. The number of nitro benzene ring substituents is 2. The number of hydrogen-bond donors (Lipinski definition) is 3. The Morgan fingerprint density at radius 1 is 0.829 bits per heavy atom. The molecule has 0 bridgehead atoms. The Bertz CT molecular complexity index is 1020. The molecule has 0 heterocycles. The zero-order valence-electron chi connectivity index (χ0n) is 19.0. The first-order chi connectivity index (χ1) is 16.5. The molecule has 0 aromatic heterocycles. The number of ketones is 2. The summed E-state index contributed by atoms with van der Waals surface area (Å²) in [6, 6.07) is 7.35. The fraction of sp³-hybridized carbons (Fsp3) is 0.333. The second-order valence-corrected chi connectivity index (χ2v) is 7.78. The van der Waals surface area contributed by atoms with Crippen LogP contribution in [0.5, 0.6) is 0 Å². The highest BCUT2D eigenvalue weighted by molar-refractivity contribution is 6.66. The van der Waals surface area contributed by atoms with E-state index in [2.05, 4.69) is 0 Å². The third-order valence-electron chi connectivity index (χ3n) is 5.21.